The number of Topliss-reactive ketones (excluding diaryl/α,β-unsaturated/α-hetero) is 1. The van der Waals surface area contributed by atoms with Crippen LogP contribution in [-0.2, 0) is 10.2 Å². The van der Waals surface area contributed by atoms with Gasteiger partial charge >= 0.3 is 0 Å². The summed E-state index contributed by atoms with van der Waals surface area (Å²) in [5.74, 6) is 0.163. The number of benzene rings is 2. The van der Waals surface area contributed by atoms with Gasteiger partial charge < -0.3 is 9.30 Å². The second-order valence-electron chi connectivity index (χ2n) is 8.71. The number of amides is 1. The number of carbonyl (C=O) groups excluding carboxylic acids is 2. The summed E-state index contributed by atoms with van der Waals surface area (Å²) >= 11 is 6.10. The molecule has 0 aliphatic carbocycles. The van der Waals surface area contributed by atoms with E-state index in [2.05, 4.69) is 0 Å². The molecule has 5 heteroatoms. The van der Waals surface area contributed by atoms with Gasteiger partial charge in [-0.2, -0.15) is 0 Å². The molecule has 0 bridgehead atoms. The Morgan fingerprint density at radius 2 is 1.55 bits per heavy atom. The third kappa shape index (κ3) is 3.75. The first kappa shape index (κ1) is 21.5. The van der Waals surface area contributed by atoms with E-state index < -0.39 is 5.41 Å². The van der Waals surface area contributed by atoms with Crippen molar-refractivity contribution in [3.05, 3.63) is 101 Å². The predicted octanol–water partition coefficient (Wildman–Crippen LogP) is 6.02. The number of piperidine rings is 1. The van der Waals surface area contributed by atoms with Crippen molar-refractivity contribution in [2.24, 2.45) is 0 Å². The molecule has 0 spiro atoms. The van der Waals surface area contributed by atoms with Gasteiger partial charge in [0.2, 0.25) is 0 Å². The Kier molecular flexibility index (Phi) is 5.55. The summed E-state index contributed by atoms with van der Waals surface area (Å²) in [5.41, 5.74) is 3.91. The van der Waals surface area contributed by atoms with Crippen LogP contribution in [0, 0.1) is 0 Å². The minimum atomic E-state index is -0.528. The van der Waals surface area contributed by atoms with E-state index in [4.69, 9.17) is 11.6 Å². The van der Waals surface area contributed by atoms with Crippen molar-refractivity contribution in [2.75, 3.05) is 13.1 Å². The van der Waals surface area contributed by atoms with E-state index in [0.717, 1.165) is 22.2 Å². The molecule has 1 aliphatic heterocycles. The number of fused-ring (bicyclic) bond motifs is 1. The first-order valence-electron chi connectivity index (χ1n) is 11.2. The molecule has 33 heavy (non-hydrogen) atoms. The molecule has 5 rings (SSSR count). The van der Waals surface area contributed by atoms with Gasteiger partial charge in [0.05, 0.1) is 16.5 Å². The molecule has 0 atom stereocenters. The lowest BCUT2D eigenvalue weighted by molar-refractivity contribution is -0.124. The maximum atomic E-state index is 13.9. The number of carbonyl (C=O) groups is 2. The lowest BCUT2D eigenvalue weighted by Crippen LogP contribution is -2.48. The lowest BCUT2D eigenvalue weighted by Gasteiger charge is -2.40. The first-order valence-corrected chi connectivity index (χ1v) is 11.6. The highest BCUT2D eigenvalue weighted by atomic mass is 35.5. The van der Waals surface area contributed by atoms with Crippen molar-refractivity contribution >= 4 is 28.8 Å². The van der Waals surface area contributed by atoms with Crippen molar-refractivity contribution in [1.29, 1.82) is 0 Å². The minimum absolute atomic E-state index is 0.00105. The van der Waals surface area contributed by atoms with E-state index in [1.54, 1.807) is 6.92 Å². The second kappa shape index (κ2) is 8.53. The average molecular weight is 457 g/mol. The van der Waals surface area contributed by atoms with Gasteiger partial charge in [0.15, 0.2) is 0 Å². The van der Waals surface area contributed by atoms with Gasteiger partial charge in [-0.15, -0.1) is 0 Å². The first-order chi connectivity index (χ1) is 16.0. The highest BCUT2D eigenvalue weighted by molar-refractivity contribution is 6.30. The van der Waals surface area contributed by atoms with Crippen LogP contribution in [0.1, 0.15) is 35.7 Å². The van der Waals surface area contributed by atoms with E-state index in [-0.39, 0.29) is 11.7 Å². The number of rotatable bonds is 4. The molecule has 166 valence electrons. The number of nitrogens with zero attached hydrogens (tertiary/aromatic N) is 2. The van der Waals surface area contributed by atoms with Crippen LogP contribution in [0.5, 0.6) is 0 Å². The third-order valence-corrected chi connectivity index (χ3v) is 7.21. The van der Waals surface area contributed by atoms with Gasteiger partial charge in [-0.05, 0) is 55.2 Å². The van der Waals surface area contributed by atoms with Crippen molar-refractivity contribution in [1.82, 2.24) is 9.30 Å². The van der Waals surface area contributed by atoms with Gasteiger partial charge in [-0.25, -0.2) is 0 Å². The Morgan fingerprint density at radius 1 is 0.879 bits per heavy atom. The van der Waals surface area contributed by atoms with Crippen LogP contribution in [0.2, 0.25) is 5.02 Å². The monoisotopic (exact) mass is 456 g/mol. The molecule has 1 amide bonds. The Balaban J connectivity index is 1.50. The van der Waals surface area contributed by atoms with Gasteiger partial charge in [0.25, 0.3) is 5.91 Å². The molecule has 4 aromatic rings. The van der Waals surface area contributed by atoms with Crippen LogP contribution >= 0.6 is 11.6 Å². The Labute approximate surface area is 198 Å². The Bertz CT molecular complexity index is 1320. The van der Waals surface area contributed by atoms with Crippen molar-refractivity contribution in [3.63, 3.8) is 0 Å². The molecule has 0 N–H and O–H groups in total. The summed E-state index contributed by atoms with van der Waals surface area (Å²) in [5, 5.41) is 0.660. The fraction of sp³-hybridized carbons (Fsp3) is 0.214. The Morgan fingerprint density at radius 3 is 2.21 bits per heavy atom. The molecule has 0 unspecified atom stereocenters. The summed E-state index contributed by atoms with van der Waals surface area (Å²) in [4.78, 5) is 28.5. The highest BCUT2D eigenvalue weighted by Crippen LogP contribution is 2.38. The largest absolute Gasteiger partial charge is 0.338 e. The van der Waals surface area contributed by atoms with Crippen LogP contribution in [0.25, 0.3) is 16.6 Å². The smallest absolute Gasteiger partial charge is 0.256 e. The fourth-order valence-corrected chi connectivity index (χ4v) is 5.17. The van der Waals surface area contributed by atoms with Gasteiger partial charge in [-0.1, -0.05) is 60.1 Å². The van der Waals surface area contributed by atoms with Crippen LogP contribution in [0.4, 0.5) is 0 Å². The molecular weight excluding hydrogens is 432 g/mol. The molecule has 0 saturated carbocycles. The number of aromatic nitrogens is 1. The maximum Gasteiger partial charge on any atom is 0.256 e. The molecule has 2 aromatic carbocycles. The molecule has 1 saturated heterocycles. The van der Waals surface area contributed by atoms with E-state index in [9.17, 15) is 9.59 Å². The third-order valence-electron chi connectivity index (χ3n) is 6.96. The normalized spacial score (nSPS) is 15.5. The number of likely N-dealkylation sites (tertiary alicyclic amines) is 1. The topological polar surface area (TPSA) is 41.8 Å². The van der Waals surface area contributed by atoms with Crippen LogP contribution < -0.4 is 0 Å². The van der Waals surface area contributed by atoms with Crippen molar-refractivity contribution in [3.8, 4) is 11.1 Å². The summed E-state index contributed by atoms with van der Waals surface area (Å²) in [7, 11) is 0. The zero-order valence-electron chi connectivity index (χ0n) is 18.5. The van der Waals surface area contributed by atoms with Gasteiger partial charge in [-0.3, -0.25) is 9.59 Å². The number of halogens is 1. The number of hydrogen-bond donors (Lipinski definition) is 0. The van der Waals surface area contributed by atoms with Gasteiger partial charge in [0, 0.05) is 36.1 Å². The second-order valence-corrected chi connectivity index (χ2v) is 9.15. The zero-order valence-corrected chi connectivity index (χ0v) is 19.3. The van der Waals surface area contributed by atoms with Crippen LogP contribution in [0.3, 0.4) is 0 Å². The van der Waals surface area contributed by atoms with Crippen LogP contribution in [-0.4, -0.2) is 34.1 Å². The predicted molar refractivity (Wildman–Crippen MR) is 132 cm³/mol. The van der Waals surface area contributed by atoms with E-state index in [1.165, 1.54) is 0 Å². The molecule has 4 nitrogen and oxygen atoms in total. The molecule has 2 aromatic heterocycles. The standard InChI is InChI=1S/C28H25ClN2O2/c1-20(32)28(22-7-3-2-4-8-22)14-17-30(18-15-28)27(33)26-24(21-10-12-23(29)13-11-21)19-31-16-6-5-9-25(26)31/h2-13,16,19H,14-15,17-18H2,1H3. The number of hydrogen-bond acceptors (Lipinski definition) is 2. The average Bonchev–Trinajstić information content (AvgIpc) is 3.24. The van der Waals surface area contributed by atoms with E-state index in [1.807, 2.05) is 94.5 Å². The maximum absolute atomic E-state index is 13.9. The van der Waals surface area contributed by atoms with Crippen molar-refractivity contribution < 1.29 is 9.59 Å². The SMILES string of the molecule is CC(=O)C1(c2ccccc2)CCN(C(=O)c2c(-c3ccc(Cl)cc3)cn3ccccc23)CC1. The fourth-order valence-electron chi connectivity index (χ4n) is 5.05. The van der Waals surface area contributed by atoms with Crippen LogP contribution in [0.15, 0.2) is 85.2 Å². The highest BCUT2D eigenvalue weighted by Gasteiger charge is 2.41. The quantitative estimate of drug-likeness (QED) is 0.376. The number of pyridine rings is 1. The summed E-state index contributed by atoms with van der Waals surface area (Å²) in [6, 6.07) is 23.4. The summed E-state index contributed by atoms with van der Waals surface area (Å²) in [6.07, 6.45) is 5.21. The van der Waals surface area contributed by atoms with E-state index in [0.29, 0.717) is 36.5 Å². The van der Waals surface area contributed by atoms with E-state index >= 15 is 0 Å². The summed E-state index contributed by atoms with van der Waals surface area (Å²) in [6.45, 7) is 2.75. The van der Waals surface area contributed by atoms with Gasteiger partial charge in [0.1, 0.15) is 5.78 Å². The summed E-state index contributed by atoms with van der Waals surface area (Å²) < 4.78 is 1.99. The molecule has 3 heterocycles. The van der Waals surface area contributed by atoms with Crippen molar-refractivity contribution in [2.45, 2.75) is 25.2 Å². The molecular formula is C28H25ClN2O2. The zero-order chi connectivity index (χ0) is 23.0. The Hall–Kier alpha value is -3.37. The lowest BCUT2D eigenvalue weighted by atomic mass is 9.70. The molecule has 0 radical (unpaired) electrons. The molecule has 1 fully saturated rings. The number of ketones is 1. The molecule has 1 aliphatic rings. The minimum Gasteiger partial charge on any atom is -0.338 e.